The average molecular weight is 1510 g/mol. The first-order valence-corrected chi connectivity index (χ1v) is 38.3. The lowest BCUT2D eigenvalue weighted by atomic mass is 10.1. The molecule has 2 aromatic heterocycles. The second-order valence-electron chi connectivity index (χ2n) is 27.8. The van der Waals surface area contributed by atoms with Crippen LogP contribution in [0.5, 0.6) is 5.75 Å². The molecule has 1 aliphatic rings. The van der Waals surface area contributed by atoms with Crippen molar-refractivity contribution in [1.82, 2.24) is 9.97 Å². The fourth-order valence-corrected chi connectivity index (χ4v) is 10.6. The number of nitriles is 1. The molecular weight excluding hydrogens is 1390 g/mol. The molecule has 1 fully saturated rings. The molecule has 0 spiro atoms. The van der Waals surface area contributed by atoms with Crippen molar-refractivity contribution in [2.45, 2.75) is 144 Å². The number of pyridine rings is 2. The molecule has 9 nitrogen and oxygen atoms in total. The van der Waals surface area contributed by atoms with Crippen molar-refractivity contribution in [3.05, 3.63) is 379 Å². The maximum absolute atomic E-state index is 12.0. The summed E-state index contributed by atoms with van der Waals surface area (Å²) in [5.74, 6) is 1.87. The summed E-state index contributed by atoms with van der Waals surface area (Å²) in [7, 11) is 9.58. The third-order valence-corrected chi connectivity index (χ3v) is 16.3. The summed E-state index contributed by atoms with van der Waals surface area (Å²) < 4.78 is 40.9. The van der Waals surface area contributed by atoms with Gasteiger partial charge in [-0.05, 0) is 284 Å². The minimum atomic E-state index is -4.22. The smallest absolute Gasteiger partial charge is 0.416 e. The highest BCUT2D eigenvalue weighted by Gasteiger charge is 2.30. The molecule has 3 heterocycles. The summed E-state index contributed by atoms with van der Waals surface area (Å²) in [6.45, 7) is 40.4. The normalized spacial score (nSPS) is 10.2. The van der Waals surface area contributed by atoms with E-state index < -0.39 is 11.7 Å². The molecule has 13 rings (SSSR count). The van der Waals surface area contributed by atoms with E-state index in [1.165, 1.54) is 115 Å². The maximum atomic E-state index is 12.0. The van der Waals surface area contributed by atoms with Crippen LogP contribution >= 0.6 is 0 Å². The second kappa shape index (κ2) is 55.1. The molecule has 12 heteroatoms. The van der Waals surface area contributed by atoms with Crippen LogP contribution in [0.1, 0.15) is 126 Å². The predicted molar refractivity (Wildman–Crippen MR) is 479 cm³/mol. The molecule has 0 amide bonds. The van der Waals surface area contributed by atoms with Crippen LogP contribution in [0.3, 0.4) is 0 Å². The van der Waals surface area contributed by atoms with Gasteiger partial charge < -0.3 is 30.5 Å². The van der Waals surface area contributed by atoms with Gasteiger partial charge in [0, 0.05) is 87.7 Å². The average Bonchev–Trinajstić information content (AvgIpc) is 0.863. The topological polar surface area (TPSA) is 101 Å². The van der Waals surface area contributed by atoms with Crippen molar-refractivity contribution in [1.29, 1.82) is 5.26 Å². The number of benzene rings is 10. The van der Waals surface area contributed by atoms with Gasteiger partial charge in [0.05, 0.1) is 24.3 Å². The Morgan fingerprint density at radius 1 is 0.411 bits per heavy atom. The van der Waals surface area contributed by atoms with E-state index in [-0.39, 0.29) is 0 Å². The number of halogens is 3. The van der Waals surface area contributed by atoms with Gasteiger partial charge in [0.1, 0.15) is 11.6 Å². The molecule has 594 valence electrons. The van der Waals surface area contributed by atoms with Crippen LogP contribution in [0, 0.1) is 122 Å². The summed E-state index contributed by atoms with van der Waals surface area (Å²) in [5, 5.41) is 17.7. The van der Waals surface area contributed by atoms with Crippen molar-refractivity contribution in [2.75, 3.05) is 80.7 Å². The fourth-order valence-electron chi connectivity index (χ4n) is 10.6. The molecule has 3 N–H and O–H groups in total. The Morgan fingerprint density at radius 2 is 0.839 bits per heavy atom. The summed E-state index contributed by atoms with van der Waals surface area (Å²) in [5.41, 5.74) is 26.0. The quantitative estimate of drug-likeness (QED) is 0.137. The minimum Gasteiger partial charge on any atom is -0.497 e. The van der Waals surface area contributed by atoms with E-state index in [9.17, 15) is 13.2 Å². The van der Waals surface area contributed by atoms with Crippen molar-refractivity contribution in [2.24, 2.45) is 0 Å². The molecule has 0 unspecified atom stereocenters. The molecule has 10 aromatic carbocycles. The van der Waals surface area contributed by atoms with Gasteiger partial charge in [0.25, 0.3) is 0 Å². The number of hydrogen-bond donors (Lipinski definition) is 3. The summed E-state index contributed by atoms with van der Waals surface area (Å²) in [6.07, 6.45) is -1.72. The number of alkyl halides is 3. The van der Waals surface area contributed by atoms with Crippen molar-refractivity contribution >= 4 is 28.6 Å². The maximum Gasteiger partial charge on any atom is 0.416 e. The van der Waals surface area contributed by atoms with Gasteiger partial charge in [-0.25, -0.2) is 4.98 Å². The number of anilines is 5. The Bertz CT molecular complexity index is 4400. The van der Waals surface area contributed by atoms with E-state index in [0.717, 1.165) is 64.9 Å². The van der Waals surface area contributed by atoms with Gasteiger partial charge in [-0.1, -0.05) is 205 Å². The van der Waals surface area contributed by atoms with Crippen LogP contribution in [0.15, 0.2) is 273 Å². The van der Waals surface area contributed by atoms with Crippen LogP contribution in [0.25, 0.3) is 0 Å². The molecule has 1 aliphatic heterocycles. The van der Waals surface area contributed by atoms with Gasteiger partial charge in [-0.2, -0.15) is 18.4 Å². The van der Waals surface area contributed by atoms with Crippen LogP contribution in [-0.2, 0) is 12.6 Å². The van der Waals surface area contributed by atoms with E-state index in [1.54, 1.807) is 26.2 Å². The number of hydrogen-bond acceptors (Lipinski definition) is 9. The first-order valence-electron chi connectivity index (χ1n) is 38.3. The van der Waals surface area contributed by atoms with Crippen LogP contribution in [-0.4, -0.2) is 64.9 Å². The fraction of sp³-hybridized carbons (Fsp3) is 0.290. The van der Waals surface area contributed by atoms with Gasteiger partial charge in [0.2, 0.25) is 0 Å². The molecule has 112 heavy (non-hydrogen) atoms. The molecule has 0 atom stereocenters. The van der Waals surface area contributed by atoms with Crippen LogP contribution < -0.4 is 30.5 Å². The number of ether oxygens (including phenoxy) is 1. The van der Waals surface area contributed by atoms with Crippen molar-refractivity contribution in [3.63, 3.8) is 0 Å². The number of nitrogens with zero attached hydrogens (tertiary/aromatic N) is 5. The van der Waals surface area contributed by atoms with Crippen LogP contribution in [0.2, 0.25) is 0 Å². The highest BCUT2D eigenvalue weighted by molar-refractivity contribution is 5.51. The van der Waals surface area contributed by atoms with E-state index in [1.807, 2.05) is 128 Å². The Morgan fingerprint density at radius 3 is 1.18 bits per heavy atom. The SMILES string of the molecule is CCNc1cccc(C)c1.CCc1cccc(C)c1.CNc1cc(C)cc(C)n1.CNc1cccc(C)c1.COc1cccc(C)c1.Cc1cc(C)nc(C)c1.Cc1cccc(C#N)c1.Cc1cccc(C(F)(F)F)c1.Cc1cccc(C)c1.Cc1cccc(N(C)C)c1.Cc1cccc(N2CCC2)c1.Cc1ccccc1. The first kappa shape index (κ1) is 96.7. The molecule has 0 bridgehead atoms. The highest BCUT2D eigenvalue weighted by atomic mass is 19.4. The predicted octanol–water partition coefficient (Wildman–Crippen LogP) is 26.2. The first-order chi connectivity index (χ1) is 53.3. The molecule has 0 aliphatic carbocycles. The Kier molecular flexibility index (Phi) is 47.5. The Balaban J connectivity index is 0.000000415. The zero-order chi connectivity index (χ0) is 83.4. The van der Waals surface area contributed by atoms with E-state index in [4.69, 9.17) is 10.00 Å². The largest absolute Gasteiger partial charge is 0.497 e. The second-order valence-corrected chi connectivity index (χ2v) is 27.8. The van der Waals surface area contributed by atoms with Gasteiger partial charge in [-0.15, -0.1) is 0 Å². The summed E-state index contributed by atoms with van der Waals surface area (Å²) in [6, 6.07) is 92.1. The van der Waals surface area contributed by atoms with Gasteiger partial charge in [0.15, 0.2) is 0 Å². The lowest BCUT2D eigenvalue weighted by molar-refractivity contribution is -0.137. The monoisotopic (exact) mass is 1510 g/mol. The van der Waals surface area contributed by atoms with E-state index in [0.29, 0.717) is 5.56 Å². The Hall–Kier alpha value is -11.4. The lowest BCUT2D eigenvalue weighted by Gasteiger charge is -2.33. The minimum absolute atomic E-state index is 0.586. The third kappa shape index (κ3) is 45.5. The molecule has 1 saturated heterocycles. The Labute approximate surface area is 673 Å². The lowest BCUT2D eigenvalue weighted by Crippen LogP contribution is -2.36. The number of methoxy groups -OCH3 is 1. The van der Waals surface area contributed by atoms with E-state index >= 15 is 0 Å². The van der Waals surface area contributed by atoms with Crippen LogP contribution in [0.4, 0.5) is 41.7 Å². The molecular formula is C100H127F3N8O. The summed E-state index contributed by atoms with van der Waals surface area (Å²) >= 11 is 0. The number of aromatic nitrogens is 2. The molecule has 0 radical (unpaired) electrons. The zero-order valence-electron chi connectivity index (χ0n) is 71.3. The van der Waals surface area contributed by atoms with Gasteiger partial charge in [-0.3, -0.25) is 4.98 Å². The number of aryl methyl sites for hydroxylation is 17. The third-order valence-electron chi connectivity index (χ3n) is 16.3. The van der Waals surface area contributed by atoms with Gasteiger partial charge >= 0.3 is 6.18 Å². The standard InChI is InChI=1S/C10H13N.2C9H13N.C9H12.C8H7F3.C8H12N2.2C8H11N.C8H7N.C8H10O.C8H10.C7H8/c1-9-4-2-5-10(8-9)11-6-3-7-11;1-8-5-4-6-9(7-8)10(2)3;1-3-10-9-6-4-5-8(2)7-9;1-3-9-6-4-5-8(2)7-9;1-6-3-2-4-7(5-6)8(9,10)11;1-6-4-7(2)10-8(5-6)9-3;1-6-4-7(2)9-8(3)5-6;1-7-4-3-5-8(6-7)9-2;1-7-3-2-4-8(5-7)6-9;1-7-4-3-5-8(6-7)9-2;1-7-4-3-5-8(2)6-7;1-7-5-3-2-4-6-7/h2,4-5,8H,3,6-7H2,1H3;4-7H,1-3H3;4-7,10H,3H2,1-2H3;4-7H,3H2,1-2H3;2-5H,1H3;4-5H,1-3H3,(H,9,10);4-5H,1-3H3;3-6,9H,1-2H3;2-5H,1H3;3-6H,1-2H3;3-6H,1-2H3;2-6H,1H3. The zero-order valence-corrected chi connectivity index (χ0v) is 71.3. The highest BCUT2D eigenvalue weighted by Crippen LogP contribution is 2.29. The number of nitrogens with one attached hydrogen (secondary N) is 3. The van der Waals surface area contributed by atoms with Crippen molar-refractivity contribution < 1.29 is 17.9 Å². The molecule has 12 aromatic rings. The van der Waals surface area contributed by atoms with E-state index in [2.05, 4.69) is 303 Å². The van der Waals surface area contributed by atoms with Crippen molar-refractivity contribution in [3.8, 4) is 11.8 Å². The molecule has 0 saturated carbocycles. The number of rotatable bonds is 8. The summed E-state index contributed by atoms with van der Waals surface area (Å²) in [4.78, 5) is 13.0.